The molecule has 1 unspecified atom stereocenters. The predicted octanol–water partition coefficient (Wildman–Crippen LogP) is -0.189. The molecule has 1 heterocycles. The molecular formula is C16H36N4O2. The molecule has 1 aliphatic heterocycles. The van der Waals surface area contributed by atoms with Crippen molar-refractivity contribution < 1.29 is 9.84 Å². The lowest BCUT2D eigenvalue weighted by Crippen LogP contribution is -2.59. The minimum absolute atomic E-state index is 0.0737. The van der Waals surface area contributed by atoms with Gasteiger partial charge in [0.15, 0.2) is 0 Å². The topological polar surface area (TPSA) is 91.6 Å². The summed E-state index contributed by atoms with van der Waals surface area (Å²) in [6.07, 6.45) is 1.68. The molecule has 1 saturated heterocycles. The van der Waals surface area contributed by atoms with Gasteiger partial charge in [0.05, 0.1) is 18.8 Å². The van der Waals surface area contributed by atoms with Crippen LogP contribution in [0.3, 0.4) is 0 Å². The van der Waals surface area contributed by atoms with Gasteiger partial charge < -0.3 is 31.5 Å². The van der Waals surface area contributed by atoms with Crippen molar-refractivity contribution in [1.29, 1.82) is 0 Å². The van der Waals surface area contributed by atoms with Gasteiger partial charge in [-0.3, -0.25) is 0 Å². The molecule has 0 amide bonds. The van der Waals surface area contributed by atoms with Crippen molar-refractivity contribution in [1.82, 2.24) is 16.0 Å². The second kappa shape index (κ2) is 9.15. The first-order valence-electron chi connectivity index (χ1n) is 8.45. The minimum atomic E-state index is -0.462. The van der Waals surface area contributed by atoms with Crippen molar-refractivity contribution in [2.75, 3.05) is 39.3 Å². The van der Waals surface area contributed by atoms with E-state index in [-0.39, 0.29) is 17.2 Å². The lowest BCUT2D eigenvalue weighted by molar-refractivity contribution is -0.0538. The first-order valence-corrected chi connectivity index (χ1v) is 8.45. The number of aliphatic hydroxyl groups is 1. The molecule has 0 spiro atoms. The van der Waals surface area contributed by atoms with Crippen molar-refractivity contribution in [3.63, 3.8) is 0 Å². The van der Waals surface area contributed by atoms with Crippen LogP contribution in [0, 0.1) is 0 Å². The van der Waals surface area contributed by atoms with E-state index >= 15 is 0 Å². The van der Waals surface area contributed by atoms with Crippen LogP contribution in [0.25, 0.3) is 0 Å². The average Bonchev–Trinajstić information content (AvgIpc) is 2.37. The number of hydrogen-bond acceptors (Lipinski definition) is 6. The van der Waals surface area contributed by atoms with Gasteiger partial charge in [0, 0.05) is 43.8 Å². The van der Waals surface area contributed by atoms with Crippen LogP contribution in [-0.4, -0.2) is 67.7 Å². The Kier molecular flexibility index (Phi) is 8.24. The summed E-state index contributed by atoms with van der Waals surface area (Å²) in [5.74, 6) is 0. The number of aliphatic hydroxyl groups excluding tert-OH is 1. The van der Waals surface area contributed by atoms with Crippen molar-refractivity contribution in [3.8, 4) is 0 Å². The Balaban J connectivity index is 2.16. The number of rotatable bonds is 10. The van der Waals surface area contributed by atoms with Gasteiger partial charge in [-0.15, -0.1) is 0 Å². The van der Waals surface area contributed by atoms with Crippen molar-refractivity contribution in [2.24, 2.45) is 5.73 Å². The smallest absolute Gasteiger partial charge is 0.0897 e. The summed E-state index contributed by atoms with van der Waals surface area (Å²) < 4.78 is 5.95. The maximum atomic E-state index is 10.00. The van der Waals surface area contributed by atoms with Gasteiger partial charge in [0.1, 0.15) is 0 Å². The van der Waals surface area contributed by atoms with E-state index in [1.54, 1.807) is 0 Å². The second-order valence-corrected chi connectivity index (χ2v) is 7.65. The van der Waals surface area contributed by atoms with Gasteiger partial charge in [-0.2, -0.15) is 0 Å². The highest BCUT2D eigenvalue weighted by Crippen LogP contribution is 2.30. The SMILES string of the molecule is CC1(C)CC(OCC(O)CNCCNCCN)CC(C)(C)N1. The summed E-state index contributed by atoms with van der Waals surface area (Å²) in [6.45, 7) is 12.9. The molecule has 0 radical (unpaired) electrons. The van der Waals surface area contributed by atoms with Gasteiger partial charge in [0.25, 0.3) is 0 Å². The largest absolute Gasteiger partial charge is 0.389 e. The molecule has 0 aliphatic carbocycles. The van der Waals surface area contributed by atoms with Crippen LogP contribution in [0.1, 0.15) is 40.5 Å². The Bertz CT molecular complexity index is 295. The lowest BCUT2D eigenvalue weighted by Gasteiger charge is -2.46. The molecule has 1 fully saturated rings. The molecule has 1 atom stereocenters. The van der Waals surface area contributed by atoms with Crippen LogP contribution in [-0.2, 0) is 4.74 Å². The Morgan fingerprint density at radius 1 is 1.14 bits per heavy atom. The van der Waals surface area contributed by atoms with Gasteiger partial charge in [-0.25, -0.2) is 0 Å². The second-order valence-electron chi connectivity index (χ2n) is 7.65. The maximum absolute atomic E-state index is 10.00. The van der Waals surface area contributed by atoms with Crippen LogP contribution in [0.5, 0.6) is 0 Å². The van der Waals surface area contributed by atoms with Gasteiger partial charge >= 0.3 is 0 Å². The van der Waals surface area contributed by atoms with E-state index in [2.05, 4.69) is 43.6 Å². The number of ether oxygens (including phenoxy) is 1. The Morgan fingerprint density at radius 3 is 2.32 bits per heavy atom. The van der Waals surface area contributed by atoms with Crippen molar-refractivity contribution in [3.05, 3.63) is 0 Å². The van der Waals surface area contributed by atoms with E-state index in [0.717, 1.165) is 32.5 Å². The van der Waals surface area contributed by atoms with E-state index < -0.39 is 6.10 Å². The summed E-state index contributed by atoms with van der Waals surface area (Å²) >= 11 is 0. The molecular weight excluding hydrogens is 280 g/mol. The quantitative estimate of drug-likeness (QED) is 0.359. The van der Waals surface area contributed by atoms with E-state index in [9.17, 15) is 5.11 Å². The summed E-state index contributed by atoms with van der Waals surface area (Å²) in [5.41, 5.74) is 5.54. The summed E-state index contributed by atoms with van der Waals surface area (Å²) in [6, 6.07) is 0. The molecule has 0 bridgehead atoms. The van der Waals surface area contributed by atoms with Crippen molar-refractivity contribution in [2.45, 2.75) is 63.8 Å². The third kappa shape index (κ3) is 8.41. The standard InChI is InChI=1S/C16H36N4O2/c1-15(2)9-14(10-16(3,4)20-15)22-12-13(21)11-19-8-7-18-6-5-17/h13-14,18-21H,5-12,17H2,1-4H3. The zero-order valence-electron chi connectivity index (χ0n) is 14.7. The molecule has 6 N–H and O–H groups in total. The van der Waals surface area contributed by atoms with E-state index in [1.807, 2.05) is 0 Å². The molecule has 6 nitrogen and oxygen atoms in total. The first-order chi connectivity index (χ1) is 10.2. The molecule has 1 aliphatic rings. The number of nitrogens with one attached hydrogen (secondary N) is 3. The summed E-state index contributed by atoms with van der Waals surface area (Å²) in [4.78, 5) is 0. The fourth-order valence-corrected chi connectivity index (χ4v) is 3.33. The third-order valence-electron chi connectivity index (χ3n) is 3.86. The zero-order chi connectivity index (χ0) is 16.6. The van der Waals surface area contributed by atoms with E-state index in [0.29, 0.717) is 19.7 Å². The van der Waals surface area contributed by atoms with Gasteiger partial charge in [-0.1, -0.05) is 0 Å². The fourth-order valence-electron chi connectivity index (χ4n) is 3.33. The summed E-state index contributed by atoms with van der Waals surface area (Å²) in [7, 11) is 0. The average molecular weight is 316 g/mol. The molecule has 0 aromatic rings. The van der Waals surface area contributed by atoms with Gasteiger partial charge in [-0.05, 0) is 40.5 Å². The predicted molar refractivity (Wildman–Crippen MR) is 91.1 cm³/mol. The Morgan fingerprint density at radius 2 is 1.73 bits per heavy atom. The monoisotopic (exact) mass is 316 g/mol. The Labute approximate surface area is 135 Å². The van der Waals surface area contributed by atoms with E-state index in [4.69, 9.17) is 10.5 Å². The molecule has 0 aromatic carbocycles. The molecule has 0 saturated carbocycles. The number of nitrogens with two attached hydrogens (primary N) is 1. The van der Waals surface area contributed by atoms with Crippen LogP contribution in [0.15, 0.2) is 0 Å². The highest BCUT2D eigenvalue weighted by molar-refractivity contribution is 4.97. The van der Waals surface area contributed by atoms with E-state index in [1.165, 1.54) is 0 Å². The highest BCUT2D eigenvalue weighted by atomic mass is 16.5. The third-order valence-corrected chi connectivity index (χ3v) is 3.86. The summed E-state index contributed by atoms with van der Waals surface area (Å²) in [5, 5.41) is 20.1. The highest BCUT2D eigenvalue weighted by Gasteiger charge is 2.38. The molecule has 22 heavy (non-hydrogen) atoms. The Hall–Kier alpha value is -0.240. The van der Waals surface area contributed by atoms with Crippen LogP contribution < -0.4 is 21.7 Å². The number of piperidine rings is 1. The first kappa shape index (κ1) is 19.8. The van der Waals surface area contributed by atoms with Crippen LogP contribution >= 0.6 is 0 Å². The lowest BCUT2D eigenvalue weighted by atomic mass is 9.81. The normalized spacial score (nSPS) is 22.6. The fraction of sp³-hybridized carbons (Fsp3) is 1.00. The van der Waals surface area contributed by atoms with Crippen LogP contribution in [0.4, 0.5) is 0 Å². The molecule has 132 valence electrons. The molecule has 0 aromatic heterocycles. The molecule has 6 heteroatoms. The van der Waals surface area contributed by atoms with Crippen LogP contribution in [0.2, 0.25) is 0 Å². The van der Waals surface area contributed by atoms with Gasteiger partial charge in [0.2, 0.25) is 0 Å². The van der Waals surface area contributed by atoms with Crippen molar-refractivity contribution >= 4 is 0 Å². The molecule has 1 rings (SSSR count). The minimum Gasteiger partial charge on any atom is -0.389 e. The number of hydrogen-bond donors (Lipinski definition) is 5. The zero-order valence-corrected chi connectivity index (χ0v) is 14.7. The maximum Gasteiger partial charge on any atom is 0.0897 e.